The molecule has 0 unspecified atom stereocenters. The molecule has 0 aromatic heterocycles. The molecule has 2 aromatic carbocycles. The fourth-order valence-electron chi connectivity index (χ4n) is 8.74. The molecule has 2 aromatic rings. The normalized spacial score (nSPS) is 35.9. The lowest BCUT2D eigenvalue weighted by Crippen LogP contribution is -2.54. The summed E-state index contributed by atoms with van der Waals surface area (Å²) in [5.74, 6) is 4.23. The molecule has 0 radical (unpaired) electrons. The van der Waals surface area contributed by atoms with Gasteiger partial charge in [0.2, 0.25) is 0 Å². The lowest BCUT2D eigenvalue weighted by Gasteiger charge is -2.59. The van der Waals surface area contributed by atoms with E-state index in [1.165, 1.54) is 0 Å². The molecule has 0 N–H and O–H groups in total. The number of hydrogen-bond donors (Lipinski definition) is 0. The summed E-state index contributed by atoms with van der Waals surface area (Å²) in [6, 6.07) is 16.0. The fourth-order valence-corrected chi connectivity index (χ4v) is 8.74. The Kier molecular flexibility index (Phi) is 6.56. The number of rotatable bonds is 4. The summed E-state index contributed by atoms with van der Waals surface area (Å²) >= 11 is 0. The minimum absolute atomic E-state index is 0.0992. The highest BCUT2D eigenvalue weighted by Crippen LogP contribution is 2.66. The molecule has 0 amide bonds. The molecule has 0 saturated heterocycles. The number of ketones is 2. The van der Waals surface area contributed by atoms with E-state index in [1.807, 2.05) is 48.5 Å². The third kappa shape index (κ3) is 4.37. The van der Waals surface area contributed by atoms with Gasteiger partial charge in [0.05, 0.1) is 14.2 Å². The molecule has 4 heteroatoms. The molecule has 6 atom stereocenters. The van der Waals surface area contributed by atoms with Crippen LogP contribution in [0, 0.1) is 34.5 Å². The number of methoxy groups -OCH3 is 2. The Hall–Kier alpha value is -3.14. The van der Waals surface area contributed by atoms with E-state index in [9.17, 15) is 9.59 Å². The van der Waals surface area contributed by atoms with Crippen molar-refractivity contribution in [3.8, 4) is 11.5 Å². The molecular weight excluding hydrogens is 484 g/mol. The standard InChI is InChI=1S/C35H40O4/c1-34-16-15-30-29(31(34)19-24(33(34)37)17-22-5-10-27(38-3)11-6-22)14-9-26-20-32(36)25(21-35(26,30)2)18-23-7-12-28(39-4)13-8-23/h5-8,10-13,17-18,26,29-31H,9,14-16,19-21H2,1-4H3/b24-17+,25-18-/t26-,29+,30+,31-,34-,35-/m0/s1. The van der Waals surface area contributed by atoms with Gasteiger partial charge in [0.25, 0.3) is 0 Å². The molecule has 4 nitrogen and oxygen atoms in total. The second kappa shape index (κ2) is 9.80. The summed E-state index contributed by atoms with van der Waals surface area (Å²) in [5, 5.41) is 0. The molecule has 0 heterocycles. The summed E-state index contributed by atoms with van der Waals surface area (Å²) in [5.41, 5.74) is 3.90. The molecular formula is C35H40O4. The maximum absolute atomic E-state index is 13.8. The number of Topliss-reactive ketones (excluding diaryl/α,β-unsaturated/α-hetero) is 2. The monoisotopic (exact) mass is 524 g/mol. The van der Waals surface area contributed by atoms with Crippen LogP contribution in [-0.2, 0) is 9.59 Å². The molecule has 204 valence electrons. The first kappa shape index (κ1) is 26.1. The molecule has 0 spiro atoms. The molecule has 6 rings (SSSR count). The van der Waals surface area contributed by atoms with Crippen LogP contribution in [0.15, 0.2) is 59.7 Å². The third-order valence-corrected chi connectivity index (χ3v) is 11.0. The maximum Gasteiger partial charge on any atom is 0.165 e. The quantitative estimate of drug-likeness (QED) is 0.387. The van der Waals surface area contributed by atoms with Crippen molar-refractivity contribution in [3.05, 3.63) is 70.8 Å². The van der Waals surface area contributed by atoms with Crippen molar-refractivity contribution in [2.75, 3.05) is 14.2 Å². The number of carbonyl (C=O) groups is 2. The lowest BCUT2D eigenvalue weighted by molar-refractivity contribution is -0.139. The van der Waals surface area contributed by atoms with Crippen molar-refractivity contribution in [2.24, 2.45) is 34.5 Å². The Bertz CT molecular complexity index is 1330. The first-order valence-electron chi connectivity index (χ1n) is 14.5. The van der Waals surface area contributed by atoms with Gasteiger partial charge in [-0.05, 0) is 126 Å². The maximum atomic E-state index is 13.8. The summed E-state index contributed by atoms with van der Waals surface area (Å²) in [4.78, 5) is 27.1. The van der Waals surface area contributed by atoms with Gasteiger partial charge in [-0.25, -0.2) is 0 Å². The van der Waals surface area contributed by atoms with Gasteiger partial charge in [-0.1, -0.05) is 38.1 Å². The Morgan fingerprint density at radius 2 is 1.33 bits per heavy atom. The molecule has 4 saturated carbocycles. The number of benzene rings is 2. The zero-order valence-corrected chi connectivity index (χ0v) is 23.7. The van der Waals surface area contributed by atoms with Crippen molar-refractivity contribution < 1.29 is 19.1 Å². The third-order valence-electron chi connectivity index (χ3n) is 11.0. The zero-order chi connectivity index (χ0) is 27.4. The van der Waals surface area contributed by atoms with Gasteiger partial charge in [0, 0.05) is 11.8 Å². The van der Waals surface area contributed by atoms with E-state index in [0.717, 1.165) is 72.3 Å². The predicted molar refractivity (Wildman–Crippen MR) is 154 cm³/mol. The van der Waals surface area contributed by atoms with Gasteiger partial charge in [-0.15, -0.1) is 0 Å². The van der Waals surface area contributed by atoms with Crippen LogP contribution in [-0.4, -0.2) is 25.8 Å². The van der Waals surface area contributed by atoms with Crippen molar-refractivity contribution in [1.82, 2.24) is 0 Å². The average Bonchev–Trinajstić information content (AvgIpc) is 3.20. The second-order valence-electron chi connectivity index (χ2n) is 12.8. The van der Waals surface area contributed by atoms with Crippen molar-refractivity contribution in [3.63, 3.8) is 0 Å². The number of allylic oxidation sites excluding steroid dienone is 2. The van der Waals surface area contributed by atoms with Gasteiger partial charge < -0.3 is 9.47 Å². The van der Waals surface area contributed by atoms with Crippen molar-refractivity contribution in [1.29, 1.82) is 0 Å². The number of ether oxygens (including phenoxy) is 2. The first-order chi connectivity index (χ1) is 18.7. The van der Waals surface area contributed by atoms with Crippen LogP contribution in [0.4, 0.5) is 0 Å². The van der Waals surface area contributed by atoms with Gasteiger partial charge in [-0.2, -0.15) is 0 Å². The minimum atomic E-state index is -0.269. The Morgan fingerprint density at radius 1 is 0.744 bits per heavy atom. The number of fused-ring (bicyclic) bond motifs is 5. The van der Waals surface area contributed by atoms with E-state index < -0.39 is 0 Å². The Morgan fingerprint density at radius 3 is 1.92 bits per heavy atom. The van der Waals surface area contributed by atoms with Crippen LogP contribution in [0.3, 0.4) is 0 Å². The van der Waals surface area contributed by atoms with Crippen molar-refractivity contribution in [2.45, 2.75) is 58.8 Å². The van der Waals surface area contributed by atoms with Crippen LogP contribution < -0.4 is 9.47 Å². The fraction of sp³-hybridized carbons (Fsp3) is 0.486. The minimum Gasteiger partial charge on any atom is -0.497 e. The Labute approximate surface area is 232 Å². The van der Waals surface area contributed by atoms with E-state index in [4.69, 9.17) is 9.47 Å². The van der Waals surface area contributed by atoms with Gasteiger partial charge >= 0.3 is 0 Å². The highest BCUT2D eigenvalue weighted by Gasteiger charge is 2.61. The average molecular weight is 525 g/mol. The van der Waals surface area contributed by atoms with Gasteiger partial charge in [0.1, 0.15) is 11.5 Å². The van der Waals surface area contributed by atoms with Crippen LogP contribution >= 0.6 is 0 Å². The van der Waals surface area contributed by atoms with Gasteiger partial charge in [0.15, 0.2) is 11.6 Å². The van der Waals surface area contributed by atoms with Crippen LogP contribution in [0.5, 0.6) is 11.5 Å². The largest absolute Gasteiger partial charge is 0.497 e. The summed E-state index contributed by atoms with van der Waals surface area (Å²) in [6.45, 7) is 4.69. The lowest BCUT2D eigenvalue weighted by atomic mass is 9.45. The first-order valence-corrected chi connectivity index (χ1v) is 14.5. The van der Waals surface area contributed by atoms with Crippen LogP contribution in [0.2, 0.25) is 0 Å². The van der Waals surface area contributed by atoms with E-state index >= 15 is 0 Å². The molecule has 4 aliphatic carbocycles. The van der Waals surface area contributed by atoms with E-state index in [-0.39, 0.29) is 10.8 Å². The van der Waals surface area contributed by atoms with E-state index in [0.29, 0.717) is 41.7 Å². The number of carbonyl (C=O) groups excluding carboxylic acids is 2. The molecule has 4 fully saturated rings. The van der Waals surface area contributed by atoms with E-state index in [2.05, 4.69) is 26.0 Å². The van der Waals surface area contributed by atoms with E-state index in [1.54, 1.807) is 14.2 Å². The second-order valence-corrected chi connectivity index (χ2v) is 12.8. The molecule has 0 aliphatic heterocycles. The smallest absolute Gasteiger partial charge is 0.165 e. The number of hydrogen-bond acceptors (Lipinski definition) is 4. The highest BCUT2D eigenvalue weighted by atomic mass is 16.5. The van der Waals surface area contributed by atoms with Crippen LogP contribution in [0.1, 0.15) is 69.9 Å². The summed E-state index contributed by atoms with van der Waals surface area (Å²) in [7, 11) is 3.34. The van der Waals surface area contributed by atoms with Crippen LogP contribution in [0.25, 0.3) is 12.2 Å². The summed E-state index contributed by atoms with van der Waals surface area (Å²) < 4.78 is 10.6. The zero-order valence-electron chi connectivity index (χ0n) is 23.7. The SMILES string of the molecule is COc1ccc(/C=C2/C[C@@]3(C)[C@@H](CC[C@@H]4[C@H]3CC[C@]3(C)C(=O)/C(=C/c5ccc(OC)cc5)C[C@@H]43)CC2=O)cc1. The highest BCUT2D eigenvalue weighted by molar-refractivity contribution is 6.06. The predicted octanol–water partition coefficient (Wildman–Crippen LogP) is 7.57. The molecule has 39 heavy (non-hydrogen) atoms. The van der Waals surface area contributed by atoms with Gasteiger partial charge in [-0.3, -0.25) is 9.59 Å². The molecule has 0 bridgehead atoms. The Balaban J connectivity index is 1.27. The topological polar surface area (TPSA) is 52.6 Å². The van der Waals surface area contributed by atoms with Crippen molar-refractivity contribution >= 4 is 23.7 Å². The summed E-state index contributed by atoms with van der Waals surface area (Å²) in [6.07, 6.45) is 10.9. The molecule has 4 aliphatic rings.